The van der Waals surface area contributed by atoms with E-state index in [1.54, 1.807) is 12.1 Å². The molecule has 0 fully saturated rings. The highest BCUT2D eigenvalue weighted by molar-refractivity contribution is 9.10. The first-order valence-electron chi connectivity index (χ1n) is 5.54. The molecule has 0 saturated carbocycles. The van der Waals surface area contributed by atoms with E-state index in [0.717, 1.165) is 4.47 Å². The standard InChI is InChI=1S/C12H12BrFN4O/c13-10-1-3-11(4-2-10)17-8-16-18(12(17)19)7-9(5-14)6-15/h1-5,8H,6-7,15H2/b9-5-. The average molecular weight is 327 g/mol. The van der Waals surface area contributed by atoms with Crippen molar-refractivity contribution in [2.45, 2.75) is 6.54 Å². The molecule has 0 aliphatic heterocycles. The maximum Gasteiger partial charge on any atom is 0.350 e. The third-order valence-corrected chi connectivity index (χ3v) is 3.14. The summed E-state index contributed by atoms with van der Waals surface area (Å²) in [7, 11) is 0. The SMILES string of the molecule is NC/C(=C/F)Cn1ncn(-c2ccc(Br)cc2)c1=O. The number of hydrogen-bond acceptors (Lipinski definition) is 3. The second-order valence-corrected chi connectivity index (χ2v) is 4.80. The van der Waals surface area contributed by atoms with Crippen LogP contribution in [0.25, 0.3) is 5.69 Å². The first-order valence-corrected chi connectivity index (χ1v) is 6.33. The van der Waals surface area contributed by atoms with E-state index < -0.39 is 0 Å². The van der Waals surface area contributed by atoms with Gasteiger partial charge in [0, 0.05) is 11.0 Å². The minimum Gasteiger partial charge on any atom is -0.327 e. The maximum absolute atomic E-state index is 12.5. The van der Waals surface area contributed by atoms with Crippen LogP contribution in [0.5, 0.6) is 0 Å². The number of aromatic nitrogens is 3. The lowest BCUT2D eigenvalue weighted by Gasteiger charge is -2.02. The summed E-state index contributed by atoms with van der Waals surface area (Å²) >= 11 is 3.32. The summed E-state index contributed by atoms with van der Waals surface area (Å²) in [6, 6.07) is 7.22. The van der Waals surface area contributed by atoms with Crippen molar-refractivity contribution in [1.29, 1.82) is 0 Å². The van der Waals surface area contributed by atoms with Gasteiger partial charge in [0.15, 0.2) is 0 Å². The normalized spacial score (nSPS) is 11.8. The summed E-state index contributed by atoms with van der Waals surface area (Å²) in [5.41, 5.74) is 6.02. The van der Waals surface area contributed by atoms with Gasteiger partial charge in [-0.2, -0.15) is 5.10 Å². The summed E-state index contributed by atoms with van der Waals surface area (Å²) < 4.78 is 15.9. The van der Waals surface area contributed by atoms with Gasteiger partial charge < -0.3 is 5.73 Å². The quantitative estimate of drug-likeness (QED) is 0.928. The number of rotatable bonds is 4. The van der Waals surface area contributed by atoms with E-state index in [4.69, 9.17) is 5.73 Å². The van der Waals surface area contributed by atoms with E-state index in [1.165, 1.54) is 15.6 Å². The molecule has 0 aliphatic carbocycles. The van der Waals surface area contributed by atoms with E-state index in [1.807, 2.05) is 12.1 Å². The van der Waals surface area contributed by atoms with Crippen LogP contribution in [0.3, 0.4) is 0 Å². The topological polar surface area (TPSA) is 65.8 Å². The number of benzene rings is 1. The summed E-state index contributed by atoms with van der Waals surface area (Å²) in [5, 5.41) is 3.94. The van der Waals surface area contributed by atoms with Crippen molar-refractivity contribution in [2.24, 2.45) is 5.73 Å². The highest BCUT2D eigenvalue weighted by atomic mass is 79.9. The molecule has 0 radical (unpaired) electrons. The fraction of sp³-hybridized carbons (Fsp3) is 0.167. The molecule has 0 unspecified atom stereocenters. The molecule has 5 nitrogen and oxygen atoms in total. The predicted molar refractivity (Wildman–Crippen MR) is 73.8 cm³/mol. The van der Waals surface area contributed by atoms with Crippen molar-refractivity contribution in [1.82, 2.24) is 14.3 Å². The van der Waals surface area contributed by atoms with Gasteiger partial charge in [-0.15, -0.1) is 0 Å². The van der Waals surface area contributed by atoms with E-state index in [-0.39, 0.29) is 18.8 Å². The van der Waals surface area contributed by atoms with Crippen LogP contribution in [0.1, 0.15) is 0 Å². The van der Waals surface area contributed by atoms with Gasteiger partial charge in [-0.05, 0) is 29.8 Å². The molecule has 1 aromatic carbocycles. The molecule has 2 rings (SSSR count). The van der Waals surface area contributed by atoms with E-state index >= 15 is 0 Å². The molecule has 19 heavy (non-hydrogen) atoms. The van der Waals surface area contributed by atoms with Gasteiger partial charge in [0.05, 0.1) is 18.6 Å². The van der Waals surface area contributed by atoms with E-state index in [2.05, 4.69) is 21.0 Å². The van der Waals surface area contributed by atoms with Crippen LogP contribution in [-0.4, -0.2) is 20.9 Å². The molecular formula is C12H12BrFN4O. The van der Waals surface area contributed by atoms with Crippen molar-refractivity contribution in [2.75, 3.05) is 6.54 Å². The van der Waals surface area contributed by atoms with Gasteiger partial charge >= 0.3 is 5.69 Å². The summed E-state index contributed by atoms with van der Waals surface area (Å²) in [5.74, 6) is 0. The number of nitrogens with zero attached hydrogens (tertiary/aromatic N) is 3. The Bertz CT molecular complexity index is 644. The molecule has 2 N–H and O–H groups in total. The Morgan fingerprint density at radius 3 is 2.68 bits per heavy atom. The van der Waals surface area contributed by atoms with Crippen LogP contribution in [0.2, 0.25) is 0 Å². The molecule has 2 aromatic rings. The number of halogens is 2. The van der Waals surface area contributed by atoms with Gasteiger partial charge in [-0.3, -0.25) is 0 Å². The average Bonchev–Trinajstić information content (AvgIpc) is 2.78. The van der Waals surface area contributed by atoms with Gasteiger partial charge in [-0.25, -0.2) is 18.4 Å². The molecule has 0 amide bonds. The van der Waals surface area contributed by atoms with Crippen LogP contribution >= 0.6 is 15.9 Å². The molecule has 1 aromatic heterocycles. The zero-order valence-corrected chi connectivity index (χ0v) is 11.5. The van der Waals surface area contributed by atoms with Crippen molar-refractivity contribution in [3.8, 4) is 5.69 Å². The maximum atomic E-state index is 12.5. The van der Waals surface area contributed by atoms with Crippen molar-refractivity contribution >= 4 is 15.9 Å². The molecular weight excluding hydrogens is 315 g/mol. The Labute approximate surface area is 117 Å². The molecule has 0 atom stereocenters. The zero-order valence-electron chi connectivity index (χ0n) is 9.96. The fourth-order valence-electron chi connectivity index (χ4n) is 1.56. The molecule has 1 heterocycles. The smallest absolute Gasteiger partial charge is 0.327 e. The van der Waals surface area contributed by atoms with Crippen molar-refractivity contribution in [3.05, 3.63) is 57.5 Å². The summed E-state index contributed by atoms with van der Waals surface area (Å²) in [6.45, 7) is 0.101. The molecule has 100 valence electrons. The highest BCUT2D eigenvalue weighted by Gasteiger charge is 2.08. The number of hydrogen-bond donors (Lipinski definition) is 1. The summed E-state index contributed by atoms with van der Waals surface area (Å²) in [6.07, 6.45) is 1.81. The number of nitrogens with two attached hydrogens (primary N) is 1. The first-order chi connectivity index (χ1) is 9.15. The van der Waals surface area contributed by atoms with Crippen LogP contribution < -0.4 is 11.4 Å². The Hall–Kier alpha value is -1.73. The monoisotopic (exact) mass is 326 g/mol. The zero-order chi connectivity index (χ0) is 13.8. The van der Waals surface area contributed by atoms with Gasteiger partial charge in [0.25, 0.3) is 0 Å². The highest BCUT2D eigenvalue weighted by Crippen LogP contribution is 2.12. The fourth-order valence-corrected chi connectivity index (χ4v) is 1.82. The Balaban J connectivity index is 2.33. The van der Waals surface area contributed by atoms with Crippen LogP contribution in [0.4, 0.5) is 4.39 Å². The first kappa shape index (κ1) is 13.7. The van der Waals surface area contributed by atoms with Gasteiger partial charge in [0.1, 0.15) is 6.33 Å². The molecule has 7 heteroatoms. The largest absolute Gasteiger partial charge is 0.350 e. The van der Waals surface area contributed by atoms with Crippen molar-refractivity contribution < 1.29 is 4.39 Å². The lowest BCUT2D eigenvalue weighted by Crippen LogP contribution is -2.25. The van der Waals surface area contributed by atoms with Crippen LogP contribution in [-0.2, 0) is 6.54 Å². The molecule has 0 bridgehead atoms. The molecule has 0 spiro atoms. The Kier molecular flexibility index (Phi) is 4.28. The Morgan fingerprint density at radius 2 is 2.11 bits per heavy atom. The van der Waals surface area contributed by atoms with Gasteiger partial charge in [-0.1, -0.05) is 15.9 Å². The summed E-state index contributed by atoms with van der Waals surface area (Å²) in [4.78, 5) is 12.1. The lowest BCUT2D eigenvalue weighted by molar-refractivity contribution is 0.612. The Morgan fingerprint density at radius 1 is 1.42 bits per heavy atom. The molecule has 0 aliphatic rings. The van der Waals surface area contributed by atoms with Crippen LogP contribution in [0, 0.1) is 0 Å². The predicted octanol–water partition coefficient (Wildman–Crippen LogP) is 1.61. The third kappa shape index (κ3) is 2.99. The third-order valence-electron chi connectivity index (χ3n) is 2.61. The van der Waals surface area contributed by atoms with E-state index in [9.17, 15) is 9.18 Å². The van der Waals surface area contributed by atoms with E-state index in [0.29, 0.717) is 17.6 Å². The second-order valence-electron chi connectivity index (χ2n) is 3.89. The lowest BCUT2D eigenvalue weighted by atomic mass is 10.3. The molecule has 0 saturated heterocycles. The second kappa shape index (κ2) is 5.94. The minimum absolute atomic E-state index is 0.0497. The van der Waals surface area contributed by atoms with Crippen molar-refractivity contribution in [3.63, 3.8) is 0 Å². The van der Waals surface area contributed by atoms with Gasteiger partial charge in [0.2, 0.25) is 0 Å². The minimum atomic E-state index is -0.338. The van der Waals surface area contributed by atoms with Crippen LogP contribution in [0.15, 0.2) is 51.8 Å².